The molecule has 0 spiro atoms. The quantitative estimate of drug-likeness (QED) is 0.796. The zero-order chi connectivity index (χ0) is 12.6. The van der Waals surface area contributed by atoms with E-state index < -0.39 is 0 Å². The molecule has 2 aromatic rings. The molecule has 17 heavy (non-hydrogen) atoms. The second-order valence-corrected chi connectivity index (χ2v) is 5.29. The number of thiazole rings is 1. The first kappa shape index (κ1) is 12.0. The number of halogens is 1. The summed E-state index contributed by atoms with van der Waals surface area (Å²) in [7, 11) is 1.63. The maximum absolute atomic E-state index is 12.2. The number of nitriles is 1. The molecule has 0 saturated carbocycles. The first-order valence-electron chi connectivity index (χ1n) is 4.64. The Kier molecular flexibility index (Phi) is 3.09. The molecule has 2 heterocycles. The van der Waals surface area contributed by atoms with Crippen LogP contribution in [0.1, 0.15) is 26.1 Å². The molecule has 0 aliphatic rings. The number of hydrogen-bond donors (Lipinski definition) is 0. The van der Waals surface area contributed by atoms with Crippen LogP contribution in [-0.2, 0) is 7.05 Å². The second kappa shape index (κ2) is 4.39. The van der Waals surface area contributed by atoms with E-state index in [2.05, 4.69) is 26.0 Å². The van der Waals surface area contributed by atoms with Crippen molar-refractivity contribution in [3.63, 3.8) is 0 Å². The summed E-state index contributed by atoms with van der Waals surface area (Å²) in [5.41, 5.74) is 0.610. The molecule has 0 bridgehead atoms. The van der Waals surface area contributed by atoms with E-state index >= 15 is 0 Å². The molecule has 86 valence electrons. The fourth-order valence-corrected chi connectivity index (χ4v) is 2.96. The molecule has 0 fully saturated rings. The first-order chi connectivity index (χ1) is 8.02. The Balaban J connectivity index is 2.47. The highest BCUT2D eigenvalue weighted by molar-refractivity contribution is 9.10. The van der Waals surface area contributed by atoms with Crippen molar-refractivity contribution >= 4 is 33.0 Å². The van der Waals surface area contributed by atoms with E-state index in [1.54, 1.807) is 7.05 Å². The normalized spacial score (nSPS) is 10.2. The van der Waals surface area contributed by atoms with Crippen molar-refractivity contribution in [3.05, 3.63) is 31.9 Å². The fourth-order valence-electron chi connectivity index (χ4n) is 1.39. The number of aryl methyl sites for hydroxylation is 2. The maximum Gasteiger partial charge on any atom is 0.223 e. The molecule has 0 N–H and O–H groups in total. The highest BCUT2D eigenvalue weighted by Gasteiger charge is 2.20. The second-order valence-electron chi connectivity index (χ2n) is 3.33. The summed E-state index contributed by atoms with van der Waals surface area (Å²) in [6, 6.07) is 3.38. The summed E-state index contributed by atoms with van der Waals surface area (Å²) in [6.45, 7) is 1.83. The first-order valence-corrected chi connectivity index (χ1v) is 6.25. The lowest BCUT2D eigenvalue weighted by molar-refractivity contribution is 0.103. The van der Waals surface area contributed by atoms with Gasteiger partial charge in [-0.1, -0.05) is 0 Å². The zero-order valence-electron chi connectivity index (χ0n) is 9.06. The minimum atomic E-state index is -0.182. The molecular weight excluding hydrogens is 304 g/mol. The standard InChI is InChI=1S/C10H7BrN4OS/c1-5-13-10(11)9(17-5)8(16)7-3-6(4-12)14-15(7)2/h3H,1-2H3. The summed E-state index contributed by atoms with van der Waals surface area (Å²) in [5.74, 6) is -0.182. The third kappa shape index (κ3) is 2.14. The van der Waals surface area contributed by atoms with Crippen LogP contribution in [-0.4, -0.2) is 20.5 Å². The average molecular weight is 311 g/mol. The van der Waals surface area contributed by atoms with E-state index in [1.165, 1.54) is 22.1 Å². The van der Waals surface area contributed by atoms with Gasteiger partial charge in [-0.25, -0.2) is 4.98 Å². The SMILES string of the molecule is Cc1nc(Br)c(C(=O)c2cc(C#N)nn2C)s1. The molecule has 0 amide bonds. The van der Waals surface area contributed by atoms with Crippen molar-refractivity contribution in [2.75, 3.05) is 0 Å². The average Bonchev–Trinajstić information content (AvgIpc) is 2.81. The fraction of sp³-hybridized carbons (Fsp3) is 0.200. The third-order valence-electron chi connectivity index (χ3n) is 2.13. The maximum atomic E-state index is 12.2. The summed E-state index contributed by atoms with van der Waals surface area (Å²) >= 11 is 4.56. The smallest absolute Gasteiger partial charge is 0.223 e. The minimum Gasteiger partial charge on any atom is -0.286 e. The molecule has 0 saturated heterocycles. The van der Waals surface area contributed by atoms with E-state index in [0.717, 1.165) is 5.01 Å². The lowest BCUT2D eigenvalue weighted by atomic mass is 10.2. The molecule has 2 rings (SSSR count). The van der Waals surface area contributed by atoms with Crippen molar-refractivity contribution < 1.29 is 4.79 Å². The molecule has 2 aromatic heterocycles. The molecule has 0 atom stereocenters. The molecule has 5 nitrogen and oxygen atoms in total. The lowest BCUT2D eigenvalue weighted by Gasteiger charge is -1.97. The summed E-state index contributed by atoms with van der Waals surface area (Å²) in [5, 5.41) is 13.5. The Hall–Kier alpha value is -1.52. The summed E-state index contributed by atoms with van der Waals surface area (Å²) in [4.78, 5) is 16.9. The molecule has 0 unspecified atom stereocenters. The number of aromatic nitrogens is 3. The summed E-state index contributed by atoms with van der Waals surface area (Å²) in [6.07, 6.45) is 0. The predicted octanol–water partition coefficient (Wildman–Crippen LogP) is 2.05. The highest BCUT2D eigenvalue weighted by Crippen LogP contribution is 2.25. The molecular formula is C10H7BrN4OS. The van der Waals surface area contributed by atoms with Gasteiger partial charge < -0.3 is 0 Å². The van der Waals surface area contributed by atoms with Crippen LogP contribution in [0.15, 0.2) is 10.7 Å². The van der Waals surface area contributed by atoms with Crippen LogP contribution in [0.2, 0.25) is 0 Å². The number of carbonyl (C=O) groups excluding carboxylic acids is 1. The Morgan fingerprint density at radius 2 is 2.35 bits per heavy atom. The molecule has 0 radical (unpaired) electrons. The van der Waals surface area contributed by atoms with Crippen LogP contribution in [0.5, 0.6) is 0 Å². The monoisotopic (exact) mass is 310 g/mol. The number of rotatable bonds is 2. The number of nitrogens with zero attached hydrogens (tertiary/aromatic N) is 4. The van der Waals surface area contributed by atoms with E-state index in [0.29, 0.717) is 15.2 Å². The van der Waals surface area contributed by atoms with Crippen molar-refractivity contribution in [2.24, 2.45) is 7.05 Å². The van der Waals surface area contributed by atoms with Gasteiger partial charge in [0.15, 0.2) is 5.69 Å². The molecule has 7 heteroatoms. The van der Waals surface area contributed by atoms with Gasteiger partial charge in [0.2, 0.25) is 5.78 Å². The Labute approximate surface area is 110 Å². The van der Waals surface area contributed by atoms with Gasteiger partial charge in [0, 0.05) is 13.1 Å². The van der Waals surface area contributed by atoms with Crippen LogP contribution < -0.4 is 0 Å². The van der Waals surface area contributed by atoms with Crippen LogP contribution in [0.3, 0.4) is 0 Å². The van der Waals surface area contributed by atoms with Gasteiger partial charge >= 0.3 is 0 Å². The van der Waals surface area contributed by atoms with Crippen LogP contribution in [0.25, 0.3) is 0 Å². The number of carbonyl (C=O) groups is 1. The van der Waals surface area contributed by atoms with Gasteiger partial charge in [-0.2, -0.15) is 10.4 Å². The van der Waals surface area contributed by atoms with Crippen LogP contribution >= 0.6 is 27.3 Å². The number of hydrogen-bond acceptors (Lipinski definition) is 5. The van der Waals surface area contributed by atoms with Gasteiger partial charge in [-0.3, -0.25) is 9.48 Å². The topological polar surface area (TPSA) is 71.6 Å². The third-order valence-corrected chi connectivity index (χ3v) is 3.93. The molecule has 0 aromatic carbocycles. The van der Waals surface area contributed by atoms with Crippen molar-refractivity contribution in [1.29, 1.82) is 5.26 Å². The van der Waals surface area contributed by atoms with Crippen molar-refractivity contribution in [2.45, 2.75) is 6.92 Å². The lowest BCUT2D eigenvalue weighted by Crippen LogP contribution is -2.07. The van der Waals surface area contributed by atoms with E-state index in [1.807, 2.05) is 13.0 Å². The number of ketones is 1. The van der Waals surface area contributed by atoms with Gasteiger partial charge in [0.1, 0.15) is 21.2 Å². The Bertz CT molecular complexity index is 637. The van der Waals surface area contributed by atoms with Gasteiger partial charge in [-0.05, 0) is 22.9 Å². The van der Waals surface area contributed by atoms with Gasteiger partial charge in [-0.15, -0.1) is 11.3 Å². The van der Waals surface area contributed by atoms with Crippen LogP contribution in [0.4, 0.5) is 0 Å². The van der Waals surface area contributed by atoms with Crippen molar-refractivity contribution in [3.8, 4) is 6.07 Å². The Morgan fingerprint density at radius 1 is 1.65 bits per heavy atom. The van der Waals surface area contributed by atoms with E-state index in [4.69, 9.17) is 5.26 Å². The van der Waals surface area contributed by atoms with Gasteiger partial charge in [0.05, 0.1) is 5.01 Å². The highest BCUT2D eigenvalue weighted by atomic mass is 79.9. The Morgan fingerprint density at radius 3 is 2.82 bits per heavy atom. The van der Waals surface area contributed by atoms with E-state index in [9.17, 15) is 4.79 Å². The molecule has 0 aliphatic heterocycles. The zero-order valence-corrected chi connectivity index (χ0v) is 11.5. The van der Waals surface area contributed by atoms with Crippen LogP contribution in [0, 0.1) is 18.3 Å². The van der Waals surface area contributed by atoms with Gasteiger partial charge in [0.25, 0.3) is 0 Å². The van der Waals surface area contributed by atoms with E-state index in [-0.39, 0.29) is 11.5 Å². The molecule has 0 aliphatic carbocycles. The largest absolute Gasteiger partial charge is 0.286 e. The summed E-state index contributed by atoms with van der Waals surface area (Å²) < 4.78 is 1.94. The minimum absolute atomic E-state index is 0.182. The predicted molar refractivity (Wildman–Crippen MR) is 65.9 cm³/mol. The van der Waals surface area contributed by atoms with Crippen molar-refractivity contribution in [1.82, 2.24) is 14.8 Å².